The maximum Gasteiger partial charge on any atom is 0.406 e. The van der Waals surface area contributed by atoms with Gasteiger partial charge in [0.05, 0.1) is 6.61 Å². The lowest BCUT2D eigenvalue weighted by molar-refractivity contribution is 0.0332. The molecule has 3 aliphatic rings. The summed E-state index contributed by atoms with van der Waals surface area (Å²) in [6, 6.07) is 1.55. The number of nitrogens with zero attached hydrogens (tertiary/aromatic N) is 1. The third kappa shape index (κ3) is 5.38. The van der Waals surface area contributed by atoms with Gasteiger partial charge in [0.1, 0.15) is 0 Å². The quantitative estimate of drug-likeness (QED) is 0.483. The van der Waals surface area contributed by atoms with Gasteiger partial charge in [-0.05, 0) is 80.5 Å². The molecule has 0 spiro atoms. The van der Waals surface area contributed by atoms with Gasteiger partial charge in [-0.3, -0.25) is 4.90 Å². The van der Waals surface area contributed by atoms with E-state index in [0.29, 0.717) is 19.6 Å². The van der Waals surface area contributed by atoms with Gasteiger partial charge < -0.3 is 15.4 Å². The summed E-state index contributed by atoms with van der Waals surface area (Å²) < 4.78 is 32.4. The Labute approximate surface area is 201 Å². The molecule has 1 aromatic carbocycles. The maximum atomic E-state index is 12.7. The number of hydrogen-bond acceptors (Lipinski definition) is 6. The Balaban J connectivity index is 1.34. The minimum absolute atomic E-state index is 0.295. The largest absolute Gasteiger partial charge is 0.450 e. The highest BCUT2D eigenvalue weighted by molar-refractivity contribution is 7.92. The minimum Gasteiger partial charge on any atom is -0.450 e. The number of nitrogens with one attached hydrogen (secondary N) is 3. The zero-order valence-electron chi connectivity index (χ0n) is 19.9. The van der Waals surface area contributed by atoms with Crippen molar-refractivity contribution in [3.05, 3.63) is 39.8 Å². The standard InChI is InChI=1S/C24H34N4O5S/c1-24(10-13-28(24)12-5-14-33-23(30)25-2)11-15-34(31,32)27-22(29)26-21-19-8-3-6-17(19)16-18-7-4-9-20(18)21/h11,15-16H,3-10,12-14H2,1-2H3,(H,25,30)(H2,26,27,29)/b15-11+. The Bertz CT molecular complexity index is 1070. The van der Waals surface area contributed by atoms with E-state index in [2.05, 4.69) is 26.3 Å². The lowest BCUT2D eigenvalue weighted by Crippen LogP contribution is -2.57. The molecule has 1 unspecified atom stereocenters. The first-order chi connectivity index (χ1) is 16.2. The molecule has 1 atom stereocenters. The lowest BCUT2D eigenvalue weighted by atomic mass is 9.87. The Morgan fingerprint density at radius 3 is 2.41 bits per heavy atom. The molecule has 186 valence electrons. The zero-order chi connectivity index (χ0) is 24.3. The van der Waals surface area contributed by atoms with Crippen LogP contribution in [0.25, 0.3) is 0 Å². The SMILES string of the molecule is CNC(=O)OCCCN1CCC1(C)/C=C/S(=O)(=O)NC(=O)Nc1c2c(cc3c1CCC3)CCC2. The number of carbonyl (C=O) groups excluding carboxylic acids is 2. The van der Waals surface area contributed by atoms with Crippen LogP contribution >= 0.6 is 0 Å². The van der Waals surface area contributed by atoms with Crippen LogP contribution in [0.4, 0.5) is 15.3 Å². The second-order valence-corrected chi connectivity index (χ2v) is 11.0. The summed E-state index contributed by atoms with van der Waals surface area (Å²) in [4.78, 5) is 25.9. The van der Waals surface area contributed by atoms with Crippen LogP contribution in [-0.4, -0.2) is 57.7 Å². The Hall–Kier alpha value is -2.59. The second kappa shape index (κ2) is 9.95. The van der Waals surface area contributed by atoms with Crippen LogP contribution in [0.3, 0.4) is 0 Å². The number of fused-ring (bicyclic) bond motifs is 2. The summed E-state index contributed by atoms with van der Waals surface area (Å²) in [5.41, 5.74) is 5.26. The van der Waals surface area contributed by atoms with E-state index in [4.69, 9.17) is 4.74 Å². The third-order valence-electron chi connectivity index (χ3n) is 7.17. The molecule has 0 saturated carbocycles. The van der Waals surface area contributed by atoms with Crippen molar-refractivity contribution in [2.24, 2.45) is 0 Å². The van der Waals surface area contributed by atoms with E-state index in [9.17, 15) is 18.0 Å². The highest BCUT2D eigenvalue weighted by Gasteiger charge is 2.38. The van der Waals surface area contributed by atoms with Crippen molar-refractivity contribution in [2.45, 2.75) is 63.8 Å². The van der Waals surface area contributed by atoms with Gasteiger partial charge in [0.15, 0.2) is 0 Å². The van der Waals surface area contributed by atoms with Gasteiger partial charge in [-0.25, -0.2) is 22.7 Å². The summed E-state index contributed by atoms with van der Waals surface area (Å²) in [5.74, 6) is 0. The summed E-state index contributed by atoms with van der Waals surface area (Å²) in [6.45, 7) is 3.76. The molecule has 4 rings (SSSR count). The molecule has 0 aromatic heterocycles. The molecule has 1 fully saturated rings. The number of rotatable bonds is 8. The fourth-order valence-electron chi connectivity index (χ4n) is 5.18. The Kier molecular flexibility index (Phi) is 7.18. The number of benzene rings is 1. The topological polar surface area (TPSA) is 117 Å². The first-order valence-corrected chi connectivity index (χ1v) is 13.5. The van der Waals surface area contributed by atoms with Crippen molar-refractivity contribution in [3.63, 3.8) is 0 Å². The van der Waals surface area contributed by atoms with Gasteiger partial charge in [-0.1, -0.05) is 12.1 Å². The van der Waals surface area contributed by atoms with E-state index in [1.807, 2.05) is 6.92 Å². The molecular formula is C24H34N4O5S. The number of ether oxygens (including phenoxy) is 1. The number of aryl methyl sites for hydroxylation is 2. The van der Waals surface area contributed by atoms with Gasteiger partial charge >= 0.3 is 12.1 Å². The smallest absolute Gasteiger partial charge is 0.406 e. The Morgan fingerprint density at radius 1 is 1.15 bits per heavy atom. The number of anilines is 1. The van der Waals surface area contributed by atoms with Crippen LogP contribution in [-0.2, 0) is 40.4 Å². The van der Waals surface area contributed by atoms with Crippen molar-refractivity contribution >= 4 is 27.8 Å². The number of urea groups is 1. The lowest BCUT2D eigenvalue weighted by Gasteiger charge is -2.49. The first kappa shape index (κ1) is 24.5. The predicted octanol–water partition coefficient (Wildman–Crippen LogP) is 2.84. The van der Waals surface area contributed by atoms with E-state index in [1.165, 1.54) is 18.2 Å². The van der Waals surface area contributed by atoms with Crippen LogP contribution in [0.5, 0.6) is 0 Å². The summed E-state index contributed by atoms with van der Waals surface area (Å²) in [5, 5.41) is 6.34. The first-order valence-electron chi connectivity index (χ1n) is 12.0. The van der Waals surface area contributed by atoms with E-state index in [-0.39, 0.29) is 0 Å². The predicted molar refractivity (Wildman–Crippen MR) is 130 cm³/mol. The van der Waals surface area contributed by atoms with Crippen LogP contribution in [0, 0.1) is 0 Å². The average molecular weight is 491 g/mol. The monoisotopic (exact) mass is 490 g/mol. The van der Waals surface area contributed by atoms with Crippen molar-refractivity contribution in [1.82, 2.24) is 14.9 Å². The van der Waals surface area contributed by atoms with Crippen LogP contribution in [0.2, 0.25) is 0 Å². The number of carbonyl (C=O) groups is 2. The normalized spacial score (nSPS) is 21.6. The molecule has 1 saturated heterocycles. The number of amides is 3. The van der Waals surface area contributed by atoms with Crippen molar-refractivity contribution in [1.29, 1.82) is 0 Å². The molecule has 1 aliphatic heterocycles. The van der Waals surface area contributed by atoms with Gasteiger partial charge in [-0.15, -0.1) is 0 Å². The molecule has 1 aromatic rings. The summed E-state index contributed by atoms with van der Waals surface area (Å²) >= 11 is 0. The van der Waals surface area contributed by atoms with Gasteiger partial charge in [-0.2, -0.15) is 0 Å². The molecule has 34 heavy (non-hydrogen) atoms. The molecule has 9 nitrogen and oxygen atoms in total. The molecule has 2 aliphatic carbocycles. The fraction of sp³-hybridized carbons (Fsp3) is 0.583. The van der Waals surface area contributed by atoms with Crippen LogP contribution in [0.1, 0.15) is 54.9 Å². The molecule has 3 N–H and O–H groups in total. The van der Waals surface area contributed by atoms with Crippen molar-refractivity contribution in [2.75, 3.05) is 32.1 Å². The molecule has 10 heteroatoms. The molecule has 0 bridgehead atoms. The number of sulfonamides is 1. The third-order valence-corrected chi connectivity index (χ3v) is 8.14. The van der Waals surface area contributed by atoms with Crippen LogP contribution in [0.15, 0.2) is 17.6 Å². The van der Waals surface area contributed by atoms with E-state index in [0.717, 1.165) is 73.7 Å². The number of alkyl carbamates (subject to hydrolysis) is 1. The van der Waals surface area contributed by atoms with E-state index >= 15 is 0 Å². The number of likely N-dealkylation sites (tertiary alicyclic amines) is 1. The van der Waals surface area contributed by atoms with Gasteiger partial charge in [0.25, 0.3) is 10.0 Å². The average Bonchev–Trinajstić information content (AvgIpc) is 3.45. The summed E-state index contributed by atoms with van der Waals surface area (Å²) in [6.07, 6.45) is 8.57. The van der Waals surface area contributed by atoms with Gasteiger partial charge in [0.2, 0.25) is 0 Å². The molecule has 3 amide bonds. The van der Waals surface area contributed by atoms with Crippen LogP contribution < -0.4 is 15.4 Å². The van der Waals surface area contributed by atoms with E-state index < -0.39 is 27.7 Å². The fourth-order valence-corrected chi connectivity index (χ4v) is 6.03. The van der Waals surface area contributed by atoms with Crippen molar-refractivity contribution in [3.8, 4) is 0 Å². The number of hydrogen-bond donors (Lipinski definition) is 3. The highest BCUT2D eigenvalue weighted by Crippen LogP contribution is 2.38. The van der Waals surface area contributed by atoms with Gasteiger partial charge in [0, 0.05) is 36.8 Å². The minimum atomic E-state index is -3.95. The Morgan fingerprint density at radius 2 is 1.82 bits per heavy atom. The molecule has 1 heterocycles. The van der Waals surface area contributed by atoms with Crippen molar-refractivity contribution < 1.29 is 22.7 Å². The second-order valence-electron chi connectivity index (χ2n) is 9.47. The molecular weight excluding hydrogens is 456 g/mol. The highest BCUT2D eigenvalue weighted by atomic mass is 32.2. The maximum absolute atomic E-state index is 12.7. The van der Waals surface area contributed by atoms with E-state index in [1.54, 1.807) is 6.08 Å². The summed E-state index contributed by atoms with van der Waals surface area (Å²) in [7, 11) is -2.44. The molecule has 0 radical (unpaired) electrons. The zero-order valence-corrected chi connectivity index (χ0v) is 20.7.